The molecule has 0 radical (unpaired) electrons. The zero-order valence-electron chi connectivity index (χ0n) is 14.7. The molecule has 1 fully saturated rings. The number of rotatable bonds is 5. The maximum atomic E-state index is 12.1. The number of piperazine rings is 1. The molecular weight excluding hydrogens is 306 g/mol. The average Bonchev–Trinajstić information content (AvgIpc) is 2.55. The molecule has 1 aromatic rings. The van der Waals surface area contributed by atoms with Gasteiger partial charge >= 0.3 is 6.03 Å². The Balaban J connectivity index is 1.79. The molecule has 1 saturated heterocycles. The summed E-state index contributed by atoms with van der Waals surface area (Å²) in [6.07, 6.45) is 0. The number of anilines is 2. The van der Waals surface area contributed by atoms with Gasteiger partial charge in [-0.25, -0.2) is 4.79 Å². The van der Waals surface area contributed by atoms with E-state index in [1.807, 2.05) is 48.2 Å². The number of amides is 3. The SMILES string of the molecule is CC(=O)Nc1ccc(N2CCN(C(=O)NCCN(C)C)CC2)cc1. The van der Waals surface area contributed by atoms with E-state index in [-0.39, 0.29) is 11.9 Å². The zero-order chi connectivity index (χ0) is 17.5. The Kier molecular flexibility index (Phi) is 6.43. The summed E-state index contributed by atoms with van der Waals surface area (Å²) in [7, 11) is 3.98. The van der Waals surface area contributed by atoms with Gasteiger partial charge in [-0.05, 0) is 38.4 Å². The van der Waals surface area contributed by atoms with Crippen molar-refractivity contribution < 1.29 is 9.59 Å². The number of nitrogens with zero attached hydrogens (tertiary/aromatic N) is 3. The summed E-state index contributed by atoms with van der Waals surface area (Å²) in [5, 5.41) is 5.71. The fraction of sp³-hybridized carbons (Fsp3) is 0.529. The van der Waals surface area contributed by atoms with Crippen LogP contribution in [-0.2, 0) is 4.79 Å². The second kappa shape index (κ2) is 8.54. The smallest absolute Gasteiger partial charge is 0.317 e. The third-order valence-electron chi connectivity index (χ3n) is 3.95. The number of urea groups is 1. The Morgan fingerprint density at radius 3 is 2.25 bits per heavy atom. The third kappa shape index (κ3) is 5.42. The molecule has 132 valence electrons. The van der Waals surface area contributed by atoms with Gasteiger partial charge in [-0.2, -0.15) is 0 Å². The molecule has 0 spiro atoms. The number of hydrogen-bond acceptors (Lipinski definition) is 4. The Hall–Kier alpha value is -2.28. The number of benzene rings is 1. The molecule has 0 bridgehead atoms. The lowest BCUT2D eigenvalue weighted by atomic mass is 10.2. The fourth-order valence-corrected chi connectivity index (χ4v) is 2.62. The molecule has 1 aliphatic heterocycles. The van der Waals surface area contributed by atoms with E-state index in [0.29, 0.717) is 19.6 Å². The van der Waals surface area contributed by atoms with E-state index in [4.69, 9.17) is 0 Å². The van der Waals surface area contributed by atoms with E-state index < -0.39 is 0 Å². The van der Waals surface area contributed by atoms with Crippen LogP contribution in [0.1, 0.15) is 6.92 Å². The molecule has 0 unspecified atom stereocenters. The highest BCUT2D eigenvalue weighted by atomic mass is 16.2. The number of carbonyl (C=O) groups is 2. The summed E-state index contributed by atoms with van der Waals surface area (Å²) in [4.78, 5) is 29.3. The molecule has 0 aliphatic carbocycles. The number of carbonyl (C=O) groups excluding carboxylic acids is 2. The summed E-state index contributed by atoms with van der Waals surface area (Å²) in [5.74, 6) is -0.0726. The minimum atomic E-state index is -0.0726. The molecule has 2 rings (SSSR count). The van der Waals surface area contributed by atoms with Crippen LogP contribution in [0.3, 0.4) is 0 Å². The van der Waals surface area contributed by atoms with Gasteiger partial charge in [0, 0.05) is 57.6 Å². The molecular formula is C17H27N5O2. The van der Waals surface area contributed by atoms with Crippen molar-refractivity contribution in [2.24, 2.45) is 0 Å². The van der Waals surface area contributed by atoms with Crippen molar-refractivity contribution in [2.45, 2.75) is 6.92 Å². The minimum Gasteiger partial charge on any atom is -0.368 e. The third-order valence-corrected chi connectivity index (χ3v) is 3.95. The fourth-order valence-electron chi connectivity index (χ4n) is 2.62. The van der Waals surface area contributed by atoms with Crippen molar-refractivity contribution in [1.82, 2.24) is 15.1 Å². The lowest BCUT2D eigenvalue weighted by molar-refractivity contribution is -0.114. The number of likely N-dealkylation sites (N-methyl/N-ethyl adjacent to an activating group) is 1. The maximum absolute atomic E-state index is 12.1. The van der Waals surface area contributed by atoms with Gasteiger partial charge in [0.25, 0.3) is 0 Å². The van der Waals surface area contributed by atoms with Gasteiger partial charge in [-0.3, -0.25) is 4.79 Å². The molecule has 2 N–H and O–H groups in total. The van der Waals surface area contributed by atoms with Crippen molar-refractivity contribution in [3.05, 3.63) is 24.3 Å². The molecule has 0 aromatic heterocycles. The van der Waals surface area contributed by atoms with Gasteiger partial charge in [0.15, 0.2) is 0 Å². The minimum absolute atomic E-state index is 0.0116. The predicted octanol–water partition coefficient (Wildman–Crippen LogP) is 1.04. The molecule has 7 nitrogen and oxygen atoms in total. The first kappa shape index (κ1) is 18.1. The molecule has 3 amide bonds. The van der Waals surface area contributed by atoms with Gasteiger partial charge in [0.1, 0.15) is 0 Å². The summed E-state index contributed by atoms with van der Waals surface area (Å²) in [6.45, 7) is 6.03. The second-order valence-electron chi connectivity index (χ2n) is 6.24. The topological polar surface area (TPSA) is 67.9 Å². The van der Waals surface area contributed by atoms with Crippen molar-refractivity contribution in [3.8, 4) is 0 Å². The van der Waals surface area contributed by atoms with Crippen LogP contribution in [0.4, 0.5) is 16.2 Å². The summed E-state index contributed by atoms with van der Waals surface area (Å²) in [5.41, 5.74) is 1.90. The van der Waals surface area contributed by atoms with Gasteiger partial charge in [0.05, 0.1) is 0 Å². The standard InChI is InChI=1S/C17H27N5O2/c1-14(23)19-15-4-6-16(7-5-15)21-10-12-22(13-11-21)17(24)18-8-9-20(2)3/h4-7H,8-13H2,1-3H3,(H,18,24)(H,19,23). The van der Waals surface area contributed by atoms with Crippen LogP contribution < -0.4 is 15.5 Å². The Morgan fingerprint density at radius 1 is 1.08 bits per heavy atom. The van der Waals surface area contributed by atoms with Crippen LogP contribution in [0.15, 0.2) is 24.3 Å². The van der Waals surface area contributed by atoms with E-state index in [1.165, 1.54) is 6.92 Å². The van der Waals surface area contributed by atoms with Crippen molar-refractivity contribution in [2.75, 3.05) is 63.6 Å². The highest BCUT2D eigenvalue weighted by Gasteiger charge is 2.20. The lowest BCUT2D eigenvalue weighted by Gasteiger charge is -2.36. The number of nitrogens with one attached hydrogen (secondary N) is 2. The van der Waals surface area contributed by atoms with Gasteiger partial charge < -0.3 is 25.3 Å². The summed E-state index contributed by atoms with van der Waals surface area (Å²) >= 11 is 0. The van der Waals surface area contributed by atoms with Crippen LogP contribution >= 0.6 is 0 Å². The predicted molar refractivity (Wildman–Crippen MR) is 96.5 cm³/mol. The van der Waals surface area contributed by atoms with E-state index in [9.17, 15) is 9.59 Å². The first-order valence-corrected chi connectivity index (χ1v) is 8.26. The maximum Gasteiger partial charge on any atom is 0.317 e. The molecule has 1 heterocycles. The molecule has 1 aliphatic rings. The number of hydrogen-bond donors (Lipinski definition) is 2. The molecule has 7 heteroatoms. The first-order chi connectivity index (χ1) is 11.5. The van der Waals surface area contributed by atoms with Gasteiger partial charge in [0.2, 0.25) is 5.91 Å². The Morgan fingerprint density at radius 2 is 1.71 bits per heavy atom. The zero-order valence-corrected chi connectivity index (χ0v) is 14.7. The second-order valence-corrected chi connectivity index (χ2v) is 6.24. The molecule has 0 atom stereocenters. The van der Waals surface area contributed by atoms with Gasteiger partial charge in [-0.15, -0.1) is 0 Å². The first-order valence-electron chi connectivity index (χ1n) is 8.26. The van der Waals surface area contributed by atoms with E-state index in [2.05, 4.69) is 15.5 Å². The van der Waals surface area contributed by atoms with E-state index in [1.54, 1.807) is 0 Å². The summed E-state index contributed by atoms with van der Waals surface area (Å²) in [6, 6.07) is 7.81. The Bertz CT molecular complexity index is 551. The van der Waals surface area contributed by atoms with Crippen molar-refractivity contribution in [1.29, 1.82) is 0 Å². The normalized spacial score (nSPS) is 14.7. The van der Waals surface area contributed by atoms with Crippen LogP contribution in [0.5, 0.6) is 0 Å². The van der Waals surface area contributed by atoms with Crippen molar-refractivity contribution >= 4 is 23.3 Å². The van der Waals surface area contributed by atoms with Crippen LogP contribution in [0, 0.1) is 0 Å². The van der Waals surface area contributed by atoms with E-state index >= 15 is 0 Å². The monoisotopic (exact) mass is 333 g/mol. The van der Waals surface area contributed by atoms with Crippen LogP contribution in [0.2, 0.25) is 0 Å². The van der Waals surface area contributed by atoms with Crippen LogP contribution in [0.25, 0.3) is 0 Å². The molecule has 24 heavy (non-hydrogen) atoms. The highest BCUT2D eigenvalue weighted by Crippen LogP contribution is 2.19. The highest BCUT2D eigenvalue weighted by molar-refractivity contribution is 5.88. The van der Waals surface area contributed by atoms with Crippen LogP contribution in [-0.4, -0.2) is 75.1 Å². The molecule has 0 saturated carbocycles. The molecule has 1 aromatic carbocycles. The average molecular weight is 333 g/mol. The Labute approximate surface area is 143 Å². The van der Waals surface area contributed by atoms with Gasteiger partial charge in [-0.1, -0.05) is 0 Å². The largest absolute Gasteiger partial charge is 0.368 e. The quantitative estimate of drug-likeness (QED) is 0.845. The summed E-state index contributed by atoms with van der Waals surface area (Å²) < 4.78 is 0. The van der Waals surface area contributed by atoms with Crippen molar-refractivity contribution in [3.63, 3.8) is 0 Å². The van der Waals surface area contributed by atoms with E-state index in [0.717, 1.165) is 31.0 Å². The lowest BCUT2D eigenvalue weighted by Crippen LogP contribution is -2.52.